The molecule has 0 amide bonds. The van der Waals surface area contributed by atoms with E-state index in [0.29, 0.717) is 21.7 Å². The molecular weight excluding hydrogens is 810 g/mol. The third-order valence-corrected chi connectivity index (χ3v) is 10.9. The van der Waals surface area contributed by atoms with Crippen molar-refractivity contribution in [2.75, 3.05) is 30.8 Å². The number of anilines is 2. The van der Waals surface area contributed by atoms with Gasteiger partial charge in [-0.1, -0.05) is 34.8 Å². The minimum absolute atomic E-state index is 0.0397. The second-order valence-electron chi connectivity index (χ2n) is 10.4. The number of hydrogen-bond acceptors (Lipinski definition) is 10. The number of nitrogens with zero attached hydrogens (tertiary/aromatic N) is 3. The van der Waals surface area contributed by atoms with Crippen LogP contribution in [0.15, 0.2) is 58.6 Å². The number of pyridine rings is 2. The standard InChI is InChI=1S/C16H11ClF2N4O3S.C15H12Cl2FN3O4S/c1-26-16-8(4-5-20)6-11(18)15(22-16)23-27(24,25)12-7-21-14-9(12)2-3-10(17)13(14)19;1-24-13-8(16)4-3-7-11(6-19-12(7)13)26(22,23)21-14-10(18)5-9(17)15(20-14)25-2/h2-3,6-7,21H,4H2,1H3,(H,22,23);3-6,19H,1-2H3,(H,20,21). The van der Waals surface area contributed by atoms with Gasteiger partial charge in [-0.05, 0) is 30.3 Å². The lowest BCUT2D eigenvalue weighted by atomic mass is 10.2. The van der Waals surface area contributed by atoms with E-state index < -0.39 is 49.1 Å². The van der Waals surface area contributed by atoms with Crippen LogP contribution in [0.4, 0.5) is 24.8 Å². The first-order chi connectivity index (χ1) is 25.1. The number of halogens is 6. The third-order valence-electron chi connectivity index (χ3n) is 7.24. The Hall–Kier alpha value is -5.13. The van der Waals surface area contributed by atoms with Crippen LogP contribution >= 0.6 is 34.8 Å². The zero-order valence-corrected chi connectivity index (χ0v) is 31.0. The number of hydrogen-bond donors (Lipinski definition) is 4. The monoisotopic (exact) mass is 831 g/mol. The molecule has 4 aromatic heterocycles. The summed E-state index contributed by atoms with van der Waals surface area (Å²) in [5.74, 6) is -3.80. The number of nitriles is 1. The fourth-order valence-corrected chi connectivity index (χ4v) is 7.85. The van der Waals surface area contributed by atoms with Gasteiger partial charge in [-0.2, -0.15) is 15.2 Å². The predicted molar refractivity (Wildman–Crippen MR) is 191 cm³/mol. The third kappa shape index (κ3) is 7.82. The van der Waals surface area contributed by atoms with Crippen LogP contribution in [-0.2, 0) is 26.5 Å². The topological polar surface area (TPSA) is 201 Å². The first kappa shape index (κ1) is 39.1. The van der Waals surface area contributed by atoms with Gasteiger partial charge in [-0.25, -0.2) is 30.0 Å². The number of aromatic nitrogens is 4. The van der Waals surface area contributed by atoms with E-state index in [0.717, 1.165) is 18.3 Å². The number of H-pyrrole nitrogens is 2. The lowest BCUT2D eigenvalue weighted by Crippen LogP contribution is -2.15. The molecule has 0 fully saturated rings. The van der Waals surface area contributed by atoms with Gasteiger partial charge in [-0.15, -0.1) is 0 Å². The molecule has 0 aliphatic rings. The van der Waals surface area contributed by atoms with Crippen molar-refractivity contribution in [3.05, 3.63) is 86.9 Å². The Morgan fingerprint density at radius 1 is 0.736 bits per heavy atom. The van der Waals surface area contributed by atoms with E-state index in [1.165, 1.54) is 51.8 Å². The van der Waals surface area contributed by atoms with Crippen LogP contribution in [0.25, 0.3) is 21.8 Å². The molecule has 6 aromatic rings. The molecule has 0 radical (unpaired) electrons. The molecule has 4 heterocycles. The van der Waals surface area contributed by atoms with Crippen LogP contribution in [0, 0.1) is 28.8 Å². The molecule has 53 heavy (non-hydrogen) atoms. The van der Waals surface area contributed by atoms with E-state index in [-0.39, 0.29) is 54.5 Å². The fourth-order valence-electron chi connectivity index (χ4n) is 4.88. The van der Waals surface area contributed by atoms with Gasteiger partial charge in [0, 0.05) is 34.8 Å². The maximum absolute atomic E-state index is 14.3. The molecule has 0 spiro atoms. The minimum Gasteiger partial charge on any atom is -0.493 e. The molecular formula is C31H23Cl3F3N7O7S2. The summed E-state index contributed by atoms with van der Waals surface area (Å²) >= 11 is 17.5. The molecule has 4 N–H and O–H groups in total. The molecule has 6 rings (SSSR count). The Bertz CT molecular complexity index is 2650. The van der Waals surface area contributed by atoms with Crippen LogP contribution in [0.3, 0.4) is 0 Å². The van der Waals surface area contributed by atoms with Gasteiger partial charge in [-0.3, -0.25) is 9.44 Å². The van der Waals surface area contributed by atoms with E-state index in [1.54, 1.807) is 0 Å². The molecule has 22 heteroatoms. The summed E-state index contributed by atoms with van der Waals surface area (Å²) in [7, 11) is -4.55. The van der Waals surface area contributed by atoms with Gasteiger partial charge >= 0.3 is 0 Å². The average Bonchev–Trinajstić information content (AvgIpc) is 3.75. The van der Waals surface area contributed by atoms with Crippen LogP contribution in [0.5, 0.6) is 17.5 Å². The maximum Gasteiger partial charge on any atom is 0.265 e. The summed E-state index contributed by atoms with van der Waals surface area (Å²) in [4.78, 5) is 12.4. The van der Waals surface area contributed by atoms with Crippen molar-refractivity contribution in [1.29, 1.82) is 5.26 Å². The van der Waals surface area contributed by atoms with Crippen LogP contribution in [0.2, 0.25) is 15.1 Å². The number of benzene rings is 2. The highest BCUT2D eigenvalue weighted by molar-refractivity contribution is 7.93. The molecule has 14 nitrogen and oxygen atoms in total. The zero-order valence-electron chi connectivity index (χ0n) is 27.1. The van der Waals surface area contributed by atoms with Crippen molar-refractivity contribution in [1.82, 2.24) is 19.9 Å². The highest BCUT2D eigenvalue weighted by Gasteiger charge is 2.26. The number of ether oxygens (including phenoxy) is 3. The summed E-state index contributed by atoms with van der Waals surface area (Å²) in [6.45, 7) is 0. The first-order valence-electron chi connectivity index (χ1n) is 14.4. The van der Waals surface area contributed by atoms with Crippen LogP contribution in [-0.4, -0.2) is 58.1 Å². The Morgan fingerprint density at radius 2 is 1.25 bits per heavy atom. The van der Waals surface area contributed by atoms with E-state index >= 15 is 0 Å². The molecule has 278 valence electrons. The largest absolute Gasteiger partial charge is 0.493 e. The lowest BCUT2D eigenvalue weighted by molar-refractivity contribution is 0.392. The highest BCUT2D eigenvalue weighted by Crippen LogP contribution is 2.37. The van der Waals surface area contributed by atoms with E-state index in [4.69, 9.17) is 54.3 Å². The quantitative estimate of drug-likeness (QED) is 0.109. The predicted octanol–water partition coefficient (Wildman–Crippen LogP) is 7.20. The van der Waals surface area contributed by atoms with Gasteiger partial charge in [0.1, 0.15) is 14.8 Å². The number of methoxy groups -OCH3 is 3. The molecule has 0 unspecified atom stereocenters. The van der Waals surface area contributed by atoms with Gasteiger partial charge in [0.05, 0.1) is 54.9 Å². The normalized spacial score (nSPS) is 11.5. The highest BCUT2D eigenvalue weighted by atomic mass is 35.5. The van der Waals surface area contributed by atoms with E-state index in [1.807, 2.05) is 10.8 Å². The smallest absolute Gasteiger partial charge is 0.265 e. The molecule has 2 aromatic carbocycles. The maximum atomic E-state index is 14.3. The summed E-state index contributed by atoms with van der Waals surface area (Å²) < 4.78 is 112. The molecule has 0 saturated heterocycles. The fraction of sp³-hybridized carbons (Fsp3) is 0.129. The molecule has 0 saturated carbocycles. The Morgan fingerprint density at radius 3 is 1.79 bits per heavy atom. The number of aromatic amines is 2. The summed E-state index contributed by atoms with van der Waals surface area (Å²) in [6, 6.07) is 9.25. The summed E-state index contributed by atoms with van der Waals surface area (Å²) in [6.07, 6.45) is 2.14. The van der Waals surface area contributed by atoms with Crippen molar-refractivity contribution in [2.45, 2.75) is 16.2 Å². The number of nitrogens with one attached hydrogen (secondary N) is 4. The van der Waals surface area contributed by atoms with E-state index in [2.05, 4.69) is 24.7 Å². The van der Waals surface area contributed by atoms with Crippen molar-refractivity contribution < 1.29 is 44.2 Å². The average molecular weight is 833 g/mol. The lowest BCUT2D eigenvalue weighted by Gasteiger charge is -2.11. The minimum atomic E-state index is -4.31. The summed E-state index contributed by atoms with van der Waals surface area (Å²) in [5, 5.41) is 9.16. The van der Waals surface area contributed by atoms with Gasteiger partial charge in [0.15, 0.2) is 34.8 Å². The van der Waals surface area contributed by atoms with Crippen LogP contribution < -0.4 is 23.7 Å². The van der Waals surface area contributed by atoms with Gasteiger partial charge in [0.2, 0.25) is 11.8 Å². The van der Waals surface area contributed by atoms with Crippen molar-refractivity contribution in [3.8, 4) is 23.6 Å². The SMILES string of the molecule is COc1nc(NS(=O)(=O)c2c[nH]c3c(F)c(Cl)ccc23)c(F)cc1CC#N.COc1nc(NS(=O)(=O)c2c[nH]c3c(OC)c(Cl)ccc23)c(F)cc1Cl. The Labute approximate surface area is 313 Å². The molecule has 0 aliphatic carbocycles. The summed E-state index contributed by atoms with van der Waals surface area (Å²) in [5.41, 5.74) is 0.463. The van der Waals surface area contributed by atoms with Crippen molar-refractivity contribution >= 4 is 88.3 Å². The number of fused-ring (bicyclic) bond motifs is 2. The second kappa shape index (κ2) is 15.5. The Balaban J connectivity index is 0.000000204. The van der Waals surface area contributed by atoms with E-state index in [9.17, 15) is 30.0 Å². The first-order valence-corrected chi connectivity index (χ1v) is 18.5. The Kier molecular flexibility index (Phi) is 11.4. The van der Waals surface area contributed by atoms with Gasteiger partial charge in [0.25, 0.3) is 20.0 Å². The number of sulfonamides is 2. The second-order valence-corrected chi connectivity index (χ2v) is 15.0. The zero-order chi connectivity index (χ0) is 38.8. The van der Waals surface area contributed by atoms with Crippen molar-refractivity contribution in [3.63, 3.8) is 0 Å². The van der Waals surface area contributed by atoms with Crippen LogP contribution in [0.1, 0.15) is 5.56 Å². The van der Waals surface area contributed by atoms with Crippen molar-refractivity contribution in [2.24, 2.45) is 0 Å². The number of rotatable bonds is 10. The van der Waals surface area contributed by atoms with Gasteiger partial charge < -0.3 is 24.2 Å². The molecule has 0 aliphatic heterocycles. The molecule has 0 atom stereocenters. The molecule has 0 bridgehead atoms.